The van der Waals surface area contributed by atoms with E-state index in [0.29, 0.717) is 26.3 Å². The van der Waals surface area contributed by atoms with Crippen LogP contribution < -0.4 is 11.1 Å². The number of anilines is 1. The zero-order valence-electron chi connectivity index (χ0n) is 11.3. The maximum Gasteiger partial charge on any atom is 0.239 e. The molecule has 0 aromatic heterocycles. The Hall–Kier alpha value is -1.59. The summed E-state index contributed by atoms with van der Waals surface area (Å²) in [7, 11) is 0. The van der Waals surface area contributed by atoms with E-state index in [0.717, 1.165) is 17.8 Å². The van der Waals surface area contributed by atoms with Gasteiger partial charge in [0.05, 0.1) is 13.2 Å². The van der Waals surface area contributed by atoms with Crippen LogP contribution in [0.25, 0.3) is 0 Å². The van der Waals surface area contributed by atoms with Crippen LogP contribution in [0.4, 0.5) is 5.69 Å². The van der Waals surface area contributed by atoms with Crippen LogP contribution in [0.1, 0.15) is 12.5 Å². The van der Waals surface area contributed by atoms with Gasteiger partial charge in [-0.1, -0.05) is 18.2 Å². The van der Waals surface area contributed by atoms with E-state index in [1.54, 1.807) is 0 Å². The van der Waals surface area contributed by atoms with Gasteiger partial charge in [0.15, 0.2) is 0 Å². The molecule has 0 radical (unpaired) electrons. The molecule has 5 heteroatoms. The van der Waals surface area contributed by atoms with Crippen molar-refractivity contribution in [1.29, 1.82) is 0 Å². The second-order valence-corrected chi connectivity index (χ2v) is 4.65. The van der Waals surface area contributed by atoms with E-state index in [1.807, 2.05) is 31.2 Å². The van der Waals surface area contributed by atoms with E-state index in [9.17, 15) is 4.79 Å². The van der Waals surface area contributed by atoms with Gasteiger partial charge in [-0.15, -0.1) is 0 Å². The predicted octanol–water partition coefficient (Wildman–Crippen LogP) is 0.606. The molecule has 1 saturated heterocycles. The minimum atomic E-state index is -0.228. The number of likely N-dealkylation sites (N-methyl/N-ethyl adjacent to an activating group) is 1. The molecule has 1 aromatic carbocycles. The highest BCUT2D eigenvalue weighted by Gasteiger charge is 2.29. The Morgan fingerprint density at radius 2 is 2.32 bits per heavy atom. The molecular formula is C14H21N3O2. The summed E-state index contributed by atoms with van der Waals surface area (Å²) in [6, 6.07) is 7.54. The molecule has 1 atom stereocenters. The summed E-state index contributed by atoms with van der Waals surface area (Å²) in [4.78, 5) is 14.1. The van der Waals surface area contributed by atoms with Gasteiger partial charge in [0.2, 0.25) is 5.91 Å². The first-order valence-electron chi connectivity index (χ1n) is 6.65. The molecule has 2 rings (SSSR count). The lowest BCUT2D eigenvalue weighted by Crippen LogP contribution is -2.53. The predicted molar refractivity (Wildman–Crippen MR) is 74.6 cm³/mol. The van der Waals surface area contributed by atoms with E-state index < -0.39 is 0 Å². The molecule has 1 heterocycles. The van der Waals surface area contributed by atoms with Crippen molar-refractivity contribution in [2.45, 2.75) is 19.5 Å². The quantitative estimate of drug-likeness (QED) is 0.781. The molecule has 3 N–H and O–H groups in total. The molecule has 0 spiro atoms. The van der Waals surface area contributed by atoms with Gasteiger partial charge in [-0.05, 0) is 18.6 Å². The number of carbonyl (C=O) groups is 1. The van der Waals surface area contributed by atoms with Crippen LogP contribution in [0.3, 0.4) is 0 Å². The zero-order chi connectivity index (χ0) is 13.7. The number of hydrogen-bond donors (Lipinski definition) is 2. The summed E-state index contributed by atoms with van der Waals surface area (Å²) >= 11 is 0. The third kappa shape index (κ3) is 3.45. The molecule has 0 saturated carbocycles. The summed E-state index contributed by atoms with van der Waals surface area (Å²) in [5.74, 6) is 0.0247. The first-order chi connectivity index (χ1) is 9.22. The van der Waals surface area contributed by atoms with Crippen LogP contribution in [-0.2, 0) is 16.1 Å². The summed E-state index contributed by atoms with van der Waals surface area (Å²) < 4.78 is 5.41. The zero-order valence-corrected chi connectivity index (χ0v) is 11.3. The Labute approximate surface area is 113 Å². The number of nitrogens with two attached hydrogens (primary N) is 1. The smallest absolute Gasteiger partial charge is 0.239 e. The molecule has 1 unspecified atom stereocenters. The molecule has 1 fully saturated rings. The number of carbonyl (C=O) groups excluding carboxylic acids is 1. The fourth-order valence-corrected chi connectivity index (χ4v) is 2.26. The molecular weight excluding hydrogens is 242 g/mol. The van der Waals surface area contributed by atoms with E-state index in [-0.39, 0.29) is 11.9 Å². The van der Waals surface area contributed by atoms with E-state index in [4.69, 9.17) is 10.5 Å². The average Bonchev–Trinajstić information content (AvgIpc) is 2.42. The van der Waals surface area contributed by atoms with Gasteiger partial charge in [-0.2, -0.15) is 0 Å². The van der Waals surface area contributed by atoms with Crippen molar-refractivity contribution in [3.05, 3.63) is 29.8 Å². The minimum Gasteiger partial charge on any atom is -0.398 e. The normalized spacial score (nSPS) is 20.2. The molecule has 0 aliphatic carbocycles. The average molecular weight is 263 g/mol. The molecule has 1 aliphatic rings. The van der Waals surface area contributed by atoms with Crippen LogP contribution in [0.15, 0.2) is 24.3 Å². The number of ether oxygens (including phenoxy) is 1. The Bertz CT molecular complexity index is 436. The number of nitrogens with one attached hydrogen (secondary N) is 1. The molecule has 5 nitrogen and oxygen atoms in total. The summed E-state index contributed by atoms with van der Waals surface area (Å²) in [6.45, 7) is 5.08. The van der Waals surface area contributed by atoms with Gasteiger partial charge in [0, 0.05) is 25.3 Å². The van der Waals surface area contributed by atoms with E-state index >= 15 is 0 Å². The number of rotatable bonds is 4. The van der Waals surface area contributed by atoms with Gasteiger partial charge in [0.25, 0.3) is 0 Å². The number of hydrogen-bond acceptors (Lipinski definition) is 4. The molecule has 1 aromatic rings. The van der Waals surface area contributed by atoms with Gasteiger partial charge < -0.3 is 15.8 Å². The highest BCUT2D eigenvalue weighted by molar-refractivity contribution is 5.82. The van der Waals surface area contributed by atoms with Crippen molar-refractivity contribution in [2.75, 3.05) is 32.0 Å². The highest BCUT2D eigenvalue weighted by atomic mass is 16.5. The highest BCUT2D eigenvalue weighted by Crippen LogP contribution is 2.17. The van der Waals surface area contributed by atoms with Crippen LogP contribution in [0.5, 0.6) is 0 Å². The van der Waals surface area contributed by atoms with Crippen LogP contribution in [0.2, 0.25) is 0 Å². The third-order valence-electron chi connectivity index (χ3n) is 3.32. The number of morpholine rings is 1. The standard InChI is InChI=1S/C14H21N3O2/c1-2-16-14(18)13-10-19-8-7-17(13)9-11-5-3-4-6-12(11)15/h3-6,13H,2,7-10,15H2,1H3,(H,16,18). The van der Waals surface area contributed by atoms with Gasteiger partial charge in [-0.3, -0.25) is 9.69 Å². The summed E-state index contributed by atoms with van der Waals surface area (Å²) in [6.07, 6.45) is 0. The topological polar surface area (TPSA) is 67.6 Å². The first-order valence-corrected chi connectivity index (χ1v) is 6.65. The molecule has 19 heavy (non-hydrogen) atoms. The van der Waals surface area contributed by atoms with Crippen LogP contribution >= 0.6 is 0 Å². The number of nitrogens with zero attached hydrogens (tertiary/aromatic N) is 1. The Balaban J connectivity index is 2.07. The Morgan fingerprint density at radius 3 is 3.05 bits per heavy atom. The second kappa shape index (κ2) is 6.54. The fourth-order valence-electron chi connectivity index (χ4n) is 2.26. The maximum atomic E-state index is 12.0. The Kier molecular flexibility index (Phi) is 4.76. The van der Waals surface area contributed by atoms with Crippen molar-refractivity contribution in [1.82, 2.24) is 10.2 Å². The fraction of sp³-hybridized carbons (Fsp3) is 0.500. The SMILES string of the molecule is CCNC(=O)C1COCCN1Cc1ccccc1N. The van der Waals surface area contributed by atoms with E-state index in [1.165, 1.54) is 0 Å². The molecule has 0 bridgehead atoms. The van der Waals surface area contributed by atoms with Crippen LogP contribution in [-0.4, -0.2) is 43.2 Å². The molecule has 104 valence electrons. The number of nitrogen functional groups attached to an aromatic ring is 1. The lowest BCUT2D eigenvalue weighted by molar-refractivity contribution is -0.132. The lowest BCUT2D eigenvalue weighted by atomic mass is 10.1. The molecule has 1 amide bonds. The second-order valence-electron chi connectivity index (χ2n) is 4.65. The van der Waals surface area contributed by atoms with Crippen molar-refractivity contribution in [2.24, 2.45) is 0 Å². The monoisotopic (exact) mass is 263 g/mol. The maximum absolute atomic E-state index is 12.0. The third-order valence-corrected chi connectivity index (χ3v) is 3.32. The number of para-hydroxylation sites is 1. The Morgan fingerprint density at radius 1 is 1.53 bits per heavy atom. The summed E-state index contributed by atoms with van der Waals surface area (Å²) in [5.41, 5.74) is 7.78. The summed E-state index contributed by atoms with van der Waals surface area (Å²) in [5, 5.41) is 2.85. The molecule has 1 aliphatic heterocycles. The van der Waals surface area contributed by atoms with Crippen LogP contribution in [0, 0.1) is 0 Å². The van der Waals surface area contributed by atoms with Crippen molar-refractivity contribution < 1.29 is 9.53 Å². The van der Waals surface area contributed by atoms with E-state index in [2.05, 4.69) is 10.2 Å². The number of benzene rings is 1. The van der Waals surface area contributed by atoms with Gasteiger partial charge >= 0.3 is 0 Å². The lowest BCUT2D eigenvalue weighted by Gasteiger charge is -2.34. The van der Waals surface area contributed by atoms with Gasteiger partial charge in [-0.25, -0.2) is 0 Å². The van der Waals surface area contributed by atoms with Crippen molar-refractivity contribution in [3.8, 4) is 0 Å². The van der Waals surface area contributed by atoms with Gasteiger partial charge in [0.1, 0.15) is 6.04 Å². The largest absolute Gasteiger partial charge is 0.398 e. The minimum absolute atomic E-state index is 0.0247. The van der Waals surface area contributed by atoms with Crippen molar-refractivity contribution in [3.63, 3.8) is 0 Å². The van der Waals surface area contributed by atoms with Crippen molar-refractivity contribution >= 4 is 11.6 Å². The first kappa shape index (κ1) is 13.8. The number of amides is 1.